The molecule has 174 valence electrons. The molecule has 1 unspecified atom stereocenters. The molecular weight excluding hydrogens is 458 g/mol. The predicted molar refractivity (Wildman–Crippen MR) is 131 cm³/mol. The number of fused-ring (bicyclic) bond motifs is 3. The Hall–Kier alpha value is -2.36. The third-order valence-corrected chi connectivity index (χ3v) is 8.31. The van der Waals surface area contributed by atoms with E-state index >= 15 is 0 Å². The molecule has 1 aliphatic heterocycles. The van der Waals surface area contributed by atoms with Gasteiger partial charge in [0.1, 0.15) is 10.6 Å². The number of carbonyl (C=O) groups is 1. The van der Waals surface area contributed by atoms with Crippen LogP contribution in [0.3, 0.4) is 0 Å². The fraction of sp³-hybridized carbons (Fsp3) is 0.458. The summed E-state index contributed by atoms with van der Waals surface area (Å²) in [4.78, 5) is 35.6. The van der Waals surface area contributed by atoms with Gasteiger partial charge < -0.3 is 14.4 Å². The highest BCUT2D eigenvalue weighted by Gasteiger charge is 2.26. The number of rotatable bonds is 5. The third-order valence-electron chi connectivity index (χ3n) is 6.20. The molecule has 9 heteroatoms. The lowest BCUT2D eigenvalue weighted by molar-refractivity contribution is -0.135. The van der Waals surface area contributed by atoms with Crippen LogP contribution < -0.4 is 10.3 Å². The van der Waals surface area contributed by atoms with E-state index in [1.54, 1.807) is 23.0 Å². The third kappa shape index (κ3) is 4.29. The molecule has 2 aliphatic rings. The molecule has 2 aromatic heterocycles. The van der Waals surface area contributed by atoms with Crippen LogP contribution in [0.25, 0.3) is 15.9 Å². The summed E-state index contributed by atoms with van der Waals surface area (Å²) in [5.74, 6) is 0.840. The number of thioether (sulfide) groups is 1. The number of amides is 1. The van der Waals surface area contributed by atoms with Crippen molar-refractivity contribution in [3.8, 4) is 11.4 Å². The monoisotopic (exact) mass is 485 g/mol. The zero-order valence-corrected chi connectivity index (χ0v) is 20.5. The lowest BCUT2D eigenvalue weighted by atomic mass is 9.97. The average Bonchev–Trinajstić information content (AvgIpc) is 3.21. The van der Waals surface area contributed by atoms with Gasteiger partial charge in [-0.05, 0) is 50.3 Å². The number of aromatic nitrogens is 2. The van der Waals surface area contributed by atoms with Crippen molar-refractivity contribution in [1.29, 1.82) is 0 Å². The van der Waals surface area contributed by atoms with Crippen LogP contribution in [0.2, 0.25) is 0 Å². The van der Waals surface area contributed by atoms with E-state index in [1.165, 1.54) is 16.6 Å². The SMILES string of the molecule is COc1ccccc1-n1c(SCC(=O)N2CCOC(C)C2)nc2sc3c(c2c1=O)CCCC3. The van der Waals surface area contributed by atoms with Gasteiger partial charge in [0, 0.05) is 18.0 Å². The van der Waals surface area contributed by atoms with Crippen molar-refractivity contribution in [3.05, 3.63) is 45.1 Å². The Labute approximate surface area is 200 Å². The molecular formula is C24H27N3O4S2. The maximum absolute atomic E-state index is 13.9. The number of para-hydroxylation sites is 2. The first-order chi connectivity index (χ1) is 16.1. The molecule has 1 saturated heterocycles. The Kier molecular flexibility index (Phi) is 6.44. The number of thiophene rings is 1. The first kappa shape index (κ1) is 22.4. The van der Waals surface area contributed by atoms with E-state index < -0.39 is 0 Å². The quantitative estimate of drug-likeness (QED) is 0.406. The minimum Gasteiger partial charge on any atom is -0.495 e. The van der Waals surface area contributed by atoms with Crippen molar-refractivity contribution in [2.75, 3.05) is 32.6 Å². The second kappa shape index (κ2) is 9.48. The molecule has 1 aliphatic carbocycles. The second-order valence-electron chi connectivity index (χ2n) is 8.41. The number of nitrogens with zero attached hydrogens (tertiary/aromatic N) is 3. The molecule has 0 radical (unpaired) electrons. The van der Waals surface area contributed by atoms with E-state index in [0.717, 1.165) is 41.5 Å². The zero-order valence-electron chi connectivity index (χ0n) is 18.8. The fourth-order valence-electron chi connectivity index (χ4n) is 4.57. The molecule has 1 amide bonds. The number of aryl methyl sites for hydroxylation is 2. The summed E-state index contributed by atoms with van der Waals surface area (Å²) in [6, 6.07) is 7.46. The van der Waals surface area contributed by atoms with Crippen LogP contribution in [-0.4, -0.2) is 59.0 Å². The Morgan fingerprint density at radius 2 is 2.12 bits per heavy atom. The summed E-state index contributed by atoms with van der Waals surface area (Å²) in [7, 11) is 1.60. The van der Waals surface area contributed by atoms with E-state index in [2.05, 4.69) is 0 Å². The van der Waals surface area contributed by atoms with E-state index in [9.17, 15) is 9.59 Å². The molecule has 1 aromatic carbocycles. The van der Waals surface area contributed by atoms with Crippen LogP contribution in [0.4, 0.5) is 0 Å². The molecule has 0 spiro atoms. The standard InChI is InChI=1S/C24H27N3O4S2/c1-15-13-26(11-12-31-15)20(28)14-32-24-25-22-21(16-7-3-6-10-19(16)33-22)23(29)27(24)17-8-4-5-9-18(17)30-2/h4-5,8-9,15H,3,6-7,10-14H2,1-2H3. The molecule has 7 nitrogen and oxygen atoms in total. The summed E-state index contributed by atoms with van der Waals surface area (Å²) in [6.07, 6.45) is 4.19. The molecule has 0 bridgehead atoms. The Morgan fingerprint density at radius 1 is 1.30 bits per heavy atom. The average molecular weight is 486 g/mol. The van der Waals surface area contributed by atoms with Gasteiger partial charge in [0.2, 0.25) is 5.91 Å². The van der Waals surface area contributed by atoms with Crippen molar-refractivity contribution in [1.82, 2.24) is 14.5 Å². The van der Waals surface area contributed by atoms with Crippen LogP contribution >= 0.6 is 23.1 Å². The van der Waals surface area contributed by atoms with Crippen molar-refractivity contribution in [2.45, 2.75) is 43.9 Å². The van der Waals surface area contributed by atoms with Gasteiger partial charge in [0.15, 0.2) is 5.16 Å². The van der Waals surface area contributed by atoms with Crippen LogP contribution in [0.15, 0.2) is 34.2 Å². The maximum atomic E-state index is 13.9. The van der Waals surface area contributed by atoms with E-state index in [1.807, 2.05) is 36.1 Å². The van der Waals surface area contributed by atoms with E-state index in [0.29, 0.717) is 36.3 Å². The summed E-state index contributed by atoms with van der Waals surface area (Å²) in [6.45, 7) is 3.70. The number of benzene rings is 1. The van der Waals surface area contributed by atoms with Crippen LogP contribution in [-0.2, 0) is 22.4 Å². The molecule has 33 heavy (non-hydrogen) atoms. The lowest BCUT2D eigenvalue weighted by Crippen LogP contribution is -2.45. The highest BCUT2D eigenvalue weighted by Crippen LogP contribution is 2.36. The largest absolute Gasteiger partial charge is 0.495 e. The number of carbonyl (C=O) groups excluding carboxylic acids is 1. The number of hydrogen-bond acceptors (Lipinski definition) is 7. The van der Waals surface area contributed by atoms with Crippen molar-refractivity contribution < 1.29 is 14.3 Å². The summed E-state index contributed by atoms with van der Waals surface area (Å²) in [5, 5.41) is 1.24. The first-order valence-corrected chi connectivity index (χ1v) is 13.1. The molecule has 1 fully saturated rings. The predicted octanol–water partition coefficient (Wildman–Crippen LogP) is 3.67. The minimum atomic E-state index is -0.0844. The summed E-state index contributed by atoms with van der Waals surface area (Å²) < 4.78 is 12.7. The van der Waals surface area contributed by atoms with Gasteiger partial charge in [0.25, 0.3) is 5.56 Å². The Bertz CT molecular complexity index is 1250. The normalized spacial score (nSPS) is 18.4. The van der Waals surface area contributed by atoms with Crippen molar-refractivity contribution in [2.24, 2.45) is 0 Å². The van der Waals surface area contributed by atoms with Gasteiger partial charge >= 0.3 is 0 Å². The number of hydrogen-bond donors (Lipinski definition) is 0. The first-order valence-electron chi connectivity index (χ1n) is 11.3. The Balaban J connectivity index is 1.58. The second-order valence-corrected chi connectivity index (χ2v) is 10.4. The lowest BCUT2D eigenvalue weighted by Gasteiger charge is -2.31. The Morgan fingerprint density at radius 3 is 2.94 bits per heavy atom. The molecule has 3 aromatic rings. The molecule has 5 rings (SSSR count). The van der Waals surface area contributed by atoms with Crippen LogP contribution in [0, 0.1) is 0 Å². The number of morpholine rings is 1. The summed E-state index contributed by atoms with van der Waals surface area (Å²) in [5.41, 5.74) is 1.71. The van der Waals surface area contributed by atoms with Gasteiger partial charge in [0.05, 0.1) is 36.6 Å². The smallest absolute Gasteiger partial charge is 0.267 e. The van der Waals surface area contributed by atoms with Gasteiger partial charge in [-0.25, -0.2) is 4.98 Å². The topological polar surface area (TPSA) is 73.7 Å². The van der Waals surface area contributed by atoms with Crippen LogP contribution in [0.5, 0.6) is 5.75 Å². The fourth-order valence-corrected chi connectivity index (χ4v) is 6.78. The maximum Gasteiger partial charge on any atom is 0.267 e. The van der Waals surface area contributed by atoms with Crippen molar-refractivity contribution in [3.63, 3.8) is 0 Å². The van der Waals surface area contributed by atoms with E-state index in [-0.39, 0.29) is 23.3 Å². The van der Waals surface area contributed by atoms with Crippen molar-refractivity contribution >= 4 is 39.2 Å². The van der Waals surface area contributed by atoms with Gasteiger partial charge in [-0.3, -0.25) is 14.2 Å². The van der Waals surface area contributed by atoms with Gasteiger partial charge in [-0.15, -0.1) is 11.3 Å². The minimum absolute atomic E-state index is 0.0292. The van der Waals surface area contributed by atoms with Gasteiger partial charge in [-0.2, -0.15) is 0 Å². The number of methoxy groups -OCH3 is 1. The van der Waals surface area contributed by atoms with E-state index in [4.69, 9.17) is 14.5 Å². The summed E-state index contributed by atoms with van der Waals surface area (Å²) >= 11 is 2.93. The number of ether oxygens (including phenoxy) is 2. The highest BCUT2D eigenvalue weighted by molar-refractivity contribution is 7.99. The zero-order chi connectivity index (χ0) is 22.9. The van der Waals surface area contributed by atoms with Gasteiger partial charge in [-0.1, -0.05) is 23.9 Å². The molecule has 0 saturated carbocycles. The molecule has 0 N–H and O–H groups in total. The highest BCUT2D eigenvalue weighted by atomic mass is 32.2. The van der Waals surface area contributed by atoms with Crippen LogP contribution in [0.1, 0.15) is 30.2 Å². The molecule has 1 atom stereocenters. The molecule has 3 heterocycles.